The van der Waals surface area contributed by atoms with E-state index in [0.717, 1.165) is 11.2 Å². The molecule has 142 valence electrons. The van der Waals surface area contributed by atoms with Gasteiger partial charge in [0.1, 0.15) is 5.69 Å². The highest BCUT2D eigenvalue weighted by Gasteiger charge is 2.15. The second kappa shape index (κ2) is 7.80. The van der Waals surface area contributed by atoms with Crippen molar-refractivity contribution in [2.45, 2.75) is 26.9 Å². The van der Waals surface area contributed by atoms with Crippen LogP contribution in [0.3, 0.4) is 0 Å². The molecule has 1 amide bonds. The van der Waals surface area contributed by atoms with E-state index < -0.39 is 10.8 Å². The Morgan fingerprint density at radius 3 is 2.85 bits per heavy atom. The lowest BCUT2D eigenvalue weighted by atomic mass is 10.3. The molecule has 0 bridgehead atoms. The lowest BCUT2D eigenvalue weighted by Crippen LogP contribution is -2.20. The maximum Gasteiger partial charge on any atom is 0.297 e. The summed E-state index contributed by atoms with van der Waals surface area (Å²) in [6.45, 7) is 5.19. The lowest BCUT2D eigenvalue weighted by Gasteiger charge is -2.04. The number of carbonyl (C=O) groups excluding carboxylic acids is 1. The fourth-order valence-corrected chi connectivity index (χ4v) is 3.85. The average molecular weight is 389 g/mol. The number of nitro groups is 1. The van der Waals surface area contributed by atoms with Gasteiger partial charge >= 0.3 is 0 Å². The number of carbonyl (C=O) groups is 1. The number of non-ortho nitro benzene ring substituents is 1. The summed E-state index contributed by atoms with van der Waals surface area (Å²) in [5.41, 5.74) is 1.93. The first-order valence-electron chi connectivity index (χ1n) is 8.34. The van der Waals surface area contributed by atoms with E-state index in [9.17, 15) is 14.9 Å². The average Bonchev–Trinajstić information content (AvgIpc) is 3.19. The maximum absolute atomic E-state index is 12.7. The topological polar surface area (TPSA) is 105 Å². The Labute approximate surface area is 158 Å². The van der Waals surface area contributed by atoms with Gasteiger partial charge in [-0.2, -0.15) is 10.1 Å². The lowest BCUT2D eigenvalue weighted by molar-refractivity contribution is -0.384. The summed E-state index contributed by atoms with van der Waals surface area (Å²) in [7, 11) is 1.59. The molecule has 3 aromatic rings. The molecule has 0 aliphatic heterocycles. The van der Waals surface area contributed by atoms with Crippen LogP contribution in [0.1, 0.15) is 23.1 Å². The smallest absolute Gasteiger partial charge is 0.297 e. The van der Waals surface area contributed by atoms with Gasteiger partial charge in [0.2, 0.25) is 0 Å². The third-order valence-electron chi connectivity index (χ3n) is 4.01. The fraction of sp³-hybridized carbons (Fsp3) is 0.353. The van der Waals surface area contributed by atoms with Gasteiger partial charge in [-0.15, -0.1) is 0 Å². The monoisotopic (exact) mass is 389 g/mol. The van der Waals surface area contributed by atoms with Crippen LogP contribution in [0.25, 0.3) is 10.2 Å². The van der Waals surface area contributed by atoms with Crippen LogP contribution in [0, 0.1) is 17.0 Å². The van der Waals surface area contributed by atoms with Crippen molar-refractivity contribution in [1.29, 1.82) is 0 Å². The van der Waals surface area contributed by atoms with Crippen LogP contribution in [-0.4, -0.2) is 38.9 Å². The van der Waals surface area contributed by atoms with E-state index in [-0.39, 0.29) is 5.69 Å². The van der Waals surface area contributed by atoms with Crippen LogP contribution in [0.2, 0.25) is 0 Å². The predicted octanol–water partition coefficient (Wildman–Crippen LogP) is 2.52. The Morgan fingerprint density at radius 2 is 2.19 bits per heavy atom. The van der Waals surface area contributed by atoms with Crippen LogP contribution in [0.15, 0.2) is 29.3 Å². The van der Waals surface area contributed by atoms with E-state index in [4.69, 9.17) is 4.74 Å². The molecule has 0 saturated heterocycles. The number of thiazole rings is 1. The molecule has 10 heteroatoms. The number of ether oxygens (including phenoxy) is 1. The van der Waals surface area contributed by atoms with E-state index in [1.165, 1.54) is 23.5 Å². The van der Waals surface area contributed by atoms with E-state index in [2.05, 4.69) is 10.1 Å². The number of amides is 1. The van der Waals surface area contributed by atoms with Crippen LogP contribution < -0.4 is 4.80 Å². The highest BCUT2D eigenvalue weighted by molar-refractivity contribution is 7.16. The van der Waals surface area contributed by atoms with Gasteiger partial charge in [0.25, 0.3) is 11.6 Å². The van der Waals surface area contributed by atoms with Crippen molar-refractivity contribution in [2.75, 3.05) is 13.7 Å². The van der Waals surface area contributed by atoms with Crippen molar-refractivity contribution in [3.63, 3.8) is 0 Å². The second-order valence-corrected chi connectivity index (χ2v) is 6.85. The normalized spacial score (nSPS) is 12.0. The standard InChI is InChI=1S/C17H19N5O4S/c1-4-21-14(9-11(2)19-21)16(23)18-17-20(7-8-26-3)13-6-5-12(22(24)25)10-15(13)27-17/h5-6,9-10H,4,7-8H2,1-3H3. The van der Waals surface area contributed by atoms with Crippen molar-refractivity contribution in [3.8, 4) is 0 Å². The van der Waals surface area contributed by atoms with Gasteiger partial charge < -0.3 is 9.30 Å². The number of benzene rings is 1. The molecule has 0 saturated carbocycles. The summed E-state index contributed by atoms with van der Waals surface area (Å²) >= 11 is 1.23. The molecule has 0 aliphatic rings. The molecule has 0 radical (unpaired) electrons. The van der Waals surface area contributed by atoms with Crippen molar-refractivity contribution in [3.05, 3.63) is 50.6 Å². The number of hydrogen-bond acceptors (Lipinski definition) is 6. The van der Waals surface area contributed by atoms with Gasteiger partial charge in [0, 0.05) is 32.3 Å². The van der Waals surface area contributed by atoms with Gasteiger partial charge in [0.15, 0.2) is 4.80 Å². The zero-order valence-corrected chi connectivity index (χ0v) is 16.0. The Balaban J connectivity index is 2.14. The van der Waals surface area contributed by atoms with Gasteiger partial charge in [0.05, 0.1) is 27.4 Å². The molecule has 2 heterocycles. The number of nitro benzene ring substituents is 1. The van der Waals surface area contributed by atoms with E-state index in [1.54, 1.807) is 23.9 Å². The third kappa shape index (κ3) is 3.81. The third-order valence-corrected chi connectivity index (χ3v) is 5.06. The minimum atomic E-state index is -0.441. The van der Waals surface area contributed by atoms with Crippen LogP contribution in [0.4, 0.5) is 5.69 Å². The molecule has 1 aromatic carbocycles. The zero-order chi connectivity index (χ0) is 19.6. The van der Waals surface area contributed by atoms with Crippen LogP contribution in [-0.2, 0) is 17.8 Å². The molecule has 0 spiro atoms. The van der Waals surface area contributed by atoms with E-state index in [0.29, 0.717) is 34.9 Å². The number of nitrogens with zero attached hydrogens (tertiary/aromatic N) is 5. The van der Waals surface area contributed by atoms with Crippen molar-refractivity contribution in [2.24, 2.45) is 4.99 Å². The summed E-state index contributed by atoms with van der Waals surface area (Å²) in [5.74, 6) is -0.398. The fourth-order valence-electron chi connectivity index (χ4n) is 2.76. The molecule has 0 unspecified atom stereocenters. The molecule has 3 rings (SSSR count). The SMILES string of the molecule is CCn1nc(C)cc1C(=O)N=c1sc2cc([N+](=O)[O-])ccc2n1CCOC. The molecule has 0 fully saturated rings. The Hall–Kier alpha value is -2.85. The Morgan fingerprint density at radius 1 is 1.41 bits per heavy atom. The summed E-state index contributed by atoms with van der Waals surface area (Å²) in [5, 5.41) is 15.3. The van der Waals surface area contributed by atoms with Gasteiger partial charge in [-0.3, -0.25) is 19.6 Å². The number of aromatic nitrogens is 3. The second-order valence-electron chi connectivity index (χ2n) is 5.84. The molecule has 0 aliphatic carbocycles. The minimum absolute atomic E-state index is 0.000187. The molecule has 9 nitrogen and oxygen atoms in total. The first-order valence-corrected chi connectivity index (χ1v) is 9.16. The highest BCUT2D eigenvalue weighted by atomic mass is 32.1. The zero-order valence-electron chi connectivity index (χ0n) is 15.2. The summed E-state index contributed by atoms with van der Waals surface area (Å²) in [4.78, 5) is 28.0. The van der Waals surface area contributed by atoms with E-state index >= 15 is 0 Å². The van der Waals surface area contributed by atoms with Gasteiger partial charge in [-0.1, -0.05) is 11.3 Å². The first-order chi connectivity index (χ1) is 12.9. The van der Waals surface area contributed by atoms with E-state index in [1.807, 2.05) is 18.4 Å². The van der Waals surface area contributed by atoms with Gasteiger partial charge in [-0.05, 0) is 26.0 Å². The predicted molar refractivity (Wildman–Crippen MR) is 101 cm³/mol. The molecule has 0 atom stereocenters. The number of rotatable bonds is 6. The van der Waals surface area contributed by atoms with Gasteiger partial charge in [-0.25, -0.2) is 0 Å². The molecule has 0 N–H and O–H groups in total. The number of methoxy groups -OCH3 is 1. The maximum atomic E-state index is 12.7. The number of aryl methyl sites for hydroxylation is 2. The number of fused-ring (bicyclic) bond motifs is 1. The quantitative estimate of drug-likeness (QED) is 0.476. The van der Waals surface area contributed by atoms with Crippen molar-refractivity contribution < 1.29 is 14.5 Å². The van der Waals surface area contributed by atoms with Crippen molar-refractivity contribution >= 4 is 33.1 Å². The molecular formula is C17H19N5O4S. The number of hydrogen-bond donors (Lipinski definition) is 0. The molecule has 2 aromatic heterocycles. The van der Waals surface area contributed by atoms with Crippen LogP contribution >= 0.6 is 11.3 Å². The first kappa shape index (κ1) is 18.9. The Kier molecular flexibility index (Phi) is 5.47. The molecule has 27 heavy (non-hydrogen) atoms. The summed E-state index contributed by atoms with van der Waals surface area (Å²) < 4.78 is 9.28. The van der Waals surface area contributed by atoms with Crippen LogP contribution in [0.5, 0.6) is 0 Å². The minimum Gasteiger partial charge on any atom is -0.383 e. The largest absolute Gasteiger partial charge is 0.383 e. The van der Waals surface area contributed by atoms with Crippen molar-refractivity contribution in [1.82, 2.24) is 14.3 Å². The summed E-state index contributed by atoms with van der Waals surface area (Å²) in [6.07, 6.45) is 0. The Bertz CT molecular complexity index is 1080. The summed E-state index contributed by atoms with van der Waals surface area (Å²) in [6, 6.07) is 6.31. The molecular weight excluding hydrogens is 370 g/mol. The highest BCUT2D eigenvalue weighted by Crippen LogP contribution is 2.23.